The molecule has 0 radical (unpaired) electrons. The number of rotatable bonds is 11. The van der Waals surface area contributed by atoms with Gasteiger partial charge in [0.25, 0.3) is 0 Å². The molecule has 184 valence electrons. The van der Waals surface area contributed by atoms with E-state index in [4.69, 9.17) is 18.0 Å². The van der Waals surface area contributed by atoms with Gasteiger partial charge in [0.05, 0.1) is 6.61 Å². The Morgan fingerprint density at radius 1 is 1.00 bits per heavy atom. The average Bonchev–Trinajstić information content (AvgIpc) is 3.11. The van der Waals surface area contributed by atoms with Crippen LogP contribution in [0.4, 0.5) is 0 Å². The highest BCUT2D eigenvalue weighted by Gasteiger charge is 2.51. The van der Waals surface area contributed by atoms with Crippen molar-refractivity contribution in [2.75, 3.05) is 26.4 Å². The Labute approximate surface area is 202 Å². The Hall–Kier alpha value is -1.14. The molecule has 5 heteroatoms. The Kier molecular flexibility index (Phi) is 8.05. The van der Waals surface area contributed by atoms with Crippen molar-refractivity contribution in [1.29, 1.82) is 0 Å². The van der Waals surface area contributed by atoms with Crippen LogP contribution >= 0.6 is 0 Å². The van der Waals surface area contributed by atoms with Gasteiger partial charge in [-0.1, -0.05) is 25.1 Å². The van der Waals surface area contributed by atoms with Crippen LogP contribution in [-0.4, -0.2) is 35.2 Å². The molecule has 0 aliphatic heterocycles. The van der Waals surface area contributed by atoms with Crippen molar-refractivity contribution in [3.63, 3.8) is 0 Å². The molecule has 4 rings (SSSR count). The molecular formula is C28H44O4Si. The molecule has 0 heterocycles. The third-order valence-electron chi connectivity index (χ3n) is 8.64. The van der Waals surface area contributed by atoms with Crippen molar-refractivity contribution in [3.05, 3.63) is 41.5 Å². The zero-order chi connectivity index (χ0) is 23.5. The zero-order valence-electron chi connectivity index (χ0n) is 21.3. The fourth-order valence-electron chi connectivity index (χ4n) is 7.04. The number of fused-ring (bicyclic) bond motifs is 5. The third kappa shape index (κ3) is 4.98. The van der Waals surface area contributed by atoms with Crippen LogP contribution in [0.25, 0.3) is 0 Å². The Bertz CT molecular complexity index is 807. The molecule has 0 N–H and O–H groups in total. The van der Waals surface area contributed by atoms with E-state index in [9.17, 15) is 0 Å². The number of ether oxygens (including phenoxy) is 1. The second kappa shape index (κ2) is 10.6. The maximum atomic E-state index is 6.18. The molecule has 1 aromatic carbocycles. The lowest BCUT2D eigenvalue weighted by Gasteiger charge is -2.49. The largest absolute Gasteiger partial charge is 0.501 e. The van der Waals surface area contributed by atoms with E-state index >= 15 is 0 Å². The molecule has 0 amide bonds. The average molecular weight is 473 g/mol. The smallest absolute Gasteiger partial charge is 0.494 e. The van der Waals surface area contributed by atoms with Crippen LogP contribution in [0.1, 0.15) is 83.3 Å². The Morgan fingerprint density at radius 2 is 1.73 bits per heavy atom. The van der Waals surface area contributed by atoms with Gasteiger partial charge in [-0.2, -0.15) is 0 Å². The predicted octanol–water partition coefficient (Wildman–Crippen LogP) is 6.92. The number of hydrogen-bond donors (Lipinski definition) is 0. The van der Waals surface area contributed by atoms with Crippen LogP contribution in [0.5, 0.6) is 5.75 Å². The maximum absolute atomic E-state index is 6.18. The standard InChI is InChI=1S/C28H44O4Si/c1-6-30-33(31-7-2,32-8-3)19-9-18-29-23-12-14-24-22(20-23)11-13-26-25(24)16-17-28(5)21(4)10-15-27(26)28/h12,14,20,25-27H,4,6-11,13,15-19H2,1-3,5H3/t25-,26-,27+,28-/m1/s1. The van der Waals surface area contributed by atoms with Crippen LogP contribution < -0.4 is 4.74 Å². The summed E-state index contributed by atoms with van der Waals surface area (Å²) in [5, 5.41) is 0. The summed E-state index contributed by atoms with van der Waals surface area (Å²) in [7, 11) is -2.58. The van der Waals surface area contributed by atoms with E-state index in [1.165, 1.54) is 49.7 Å². The molecule has 2 fully saturated rings. The van der Waals surface area contributed by atoms with Gasteiger partial charge >= 0.3 is 8.80 Å². The molecule has 33 heavy (non-hydrogen) atoms. The first-order valence-electron chi connectivity index (χ1n) is 13.3. The minimum absolute atomic E-state index is 0.394. The van der Waals surface area contributed by atoms with Crippen LogP contribution in [0.15, 0.2) is 30.4 Å². The lowest BCUT2D eigenvalue weighted by Crippen LogP contribution is -2.46. The second-order valence-corrected chi connectivity index (χ2v) is 13.0. The van der Waals surface area contributed by atoms with Gasteiger partial charge < -0.3 is 18.0 Å². The molecule has 0 spiro atoms. The van der Waals surface area contributed by atoms with Gasteiger partial charge in [0.2, 0.25) is 0 Å². The summed E-state index contributed by atoms with van der Waals surface area (Å²) in [6.07, 6.45) is 8.58. The highest BCUT2D eigenvalue weighted by atomic mass is 28.4. The highest BCUT2D eigenvalue weighted by molar-refractivity contribution is 6.60. The number of hydrogen-bond acceptors (Lipinski definition) is 4. The highest BCUT2D eigenvalue weighted by Crippen LogP contribution is 2.62. The van der Waals surface area contributed by atoms with Gasteiger partial charge in [0, 0.05) is 25.9 Å². The normalized spacial score (nSPS) is 28.8. The van der Waals surface area contributed by atoms with E-state index < -0.39 is 8.80 Å². The minimum atomic E-state index is -2.58. The van der Waals surface area contributed by atoms with Crippen molar-refractivity contribution < 1.29 is 18.0 Å². The van der Waals surface area contributed by atoms with Crippen LogP contribution in [0.3, 0.4) is 0 Å². The van der Waals surface area contributed by atoms with Crippen molar-refractivity contribution >= 4 is 8.80 Å². The molecule has 0 saturated heterocycles. The summed E-state index contributed by atoms with van der Waals surface area (Å²) in [5.41, 5.74) is 5.01. The lowest BCUT2D eigenvalue weighted by atomic mass is 9.55. The first-order valence-corrected chi connectivity index (χ1v) is 15.2. The van der Waals surface area contributed by atoms with Gasteiger partial charge in [-0.25, -0.2) is 0 Å². The molecule has 3 aliphatic carbocycles. The van der Waals surface area contributed by atoms with Crippen molar-refractivity contribution in [2.45, 2.75) is 84.6 Å². The summed E-state index contributed by atoms with van der Waals surface area (Å²) in [6, 6.07) is 7.67. The zero-order valence-corrected chi connectivity index (χ0v) is 22.3. The first kappa shape index (κ1) is 25.0. The Balaban J connectivity index is 1.36. The van der Waals surface area contributed by atoms with E-state index in [-0.39, 0.29) is 0 Å². The summed E-state index contributed by atoms with van der Waals surface area (Å²) in [6.45, 7) is 15.5. The van der Waals surface area contributed by atoms with E-state index in [0.29, 0.717) is 31.8 Å². The predicted molar refractivity (Wildman–Crippen MR) is 136 cm³/mol. The van der Waals surface area contributed by atoms with Gasteiger partial charge in [-0.05, 0) is 112 Å². The number of aryl methyl sites for hydroxylation is 1. The van der Waals surface area contributed by atoms with Gasteiger partial charge in [0.15, 0.2) is 0 Å². The molecular weight excluding hydrogens is 428 g/mol. The van der Waals surface area contributed by atoms with Gasteiger partial charge in [-0.3, -0.25) is 0 Å². The van der Waals surface area contributed by atoms with Crippen LogP contribution in [-0.2, 0) is 19.7 Å². The van der Waals surface area contributed by atoms with Crippen LogP contribution in [0.2, 0.25) is 6.04 Å². The quantitative estimate of drug-likeness (QED) is 0.199. The first-order chi connectivity index (χ1) is 16.0. The summed E-state index contributed by atoms with van der Waals surface area (Å²) >= 11 is 0. The molecule has 0 unspecified atom stereocenters. The number of allylic oxidation sites excluding steroid dienone is 1. The molecule has 4 nitrogen and oxygen atoms in total. The maximum Gasteiger partial charge on any atom is 0.501 e. The van der Waals surface area contributed by atoms with E-state index in [2.05, 4.69) is 31.7 Å². The van der Waals surface area contributed by atoms with E-state index in [0.717, 1.165) is 36.0 Å². The fraction of sp³-hybridized carbons (Fsp3) is 0.714. The SMILES string of the molecule is C=C1CC[C@H]2[C@@H]3CCc4cc(OCCC[Si](OCC)(OCC)OCC)ccc4[C@H]3CC[C@]12C. The second-order valence-electron chi connectivity index (χ2n) is 10.3. The molecule has 2 saturated carbocycles. The Morgan fingerprint density at radius 3 is 2.42 bits per heavy atom. The molecule has 0 aromatic heterocycles. The summed E-state index contributed by atoms with van der Waals surface area (Å²) in [4.78, 5) is 0. The molecule has 0 bridgehead atoms. The van der Waals surface area contributed by atoms with Crippen LogP contribution in [0, 0.1) is 17.3 Å². The van der Waals surface area contributed by atoms with Crippen molar-refractivity contribution in [2.24, 2.45) is 17.3 Å². The van der Waals surface area contributed by atoms with E-state index in [1.807, 2.05) is 20.8 Å². The summed E-state index contributed by atoms with van der Waals surface area (Å²) in [5.74, 6) is 3.38. The van der Waals surface area contributed by atoms with Gasteiger partial charge in [0.1, 0.15) is 5.75 Å². The van der Waals surface area contributed by atoms with Gasteiger partial charge in [-0.15, -0.1) is 0 Å². The lowest BCUT2D eigenvalue weighted by molar-refractivity contribution is 0.0696. The molecule has 3 aliphatic rings. The monoisotopic (exact) mass is 472 g/mol. The van der Waals surface area contributed by atoms with Crippen molar-refractivity contribution in [3.8, 4) is 5.75 Å². The molecule has 4 atom stereocenters. The molecule has 1 aromatic rings. The topological polar surface area (TPSA) is 36.9 Å². The summed E-state index contributed by atoms with van der Waals surface area (Å²) < 4.78 is 24.1. The van der Waals surface area contributed by atoms with Crippen molar-refractivity contribution in [1.82, 2.24) is 0 Å². The fourth-order valence-corrected chi connectivity index (χ4v) is 9.62. The minimum Gasteiger partial charge on any atom is -0.494 e. The third-order valence-corrected chi connectivity index (χ3v) is 11.8. The number of benzene rings is 1. The van der Waals surface area contributed by atoms with E-state index in [1.54, 1.807) is 5.56 Å².